The normalized spacial score (nSPS) is 8.31. The summed E-state index contributed by atoms with van der Waals surface area (Å²) in [7, 11) is 0. The summed E-state index contributed by atoms with van der Waals surface area (Å²) < 4.78 is 0. The van der Waals surface area contributed by atoms with Gasteiger partial charge in [-0.1, -0.05) is 48.5 Å². The van der Waals surface area contributed by atoms with Gasteiger partial charge in [-0.2, -0.15) is 0 Å². The maximum Gasteiger partial charge on any atom is 0.114 e. The molecule has 0 heterocycles. The molecule has 0 fully saturated rings. The number of allylic oxidation sites excluding steroid dienone is 1. The third kappa shape index (κ3) is 51.3. The molecule has 0 saturated heterocycles. The molecule has 0 radical (unpaired) electrons. The summed E-state index contributed by atoms with van der Waals surface area (Å²) in [4.78, 5) is 0. The van der Waals surface area contributed by atoms with Crippen molar-refractivity contribution in [1.29, 1.82) is 0 Å². The van der Waals surface area contributed by atoms with E-state index in [9.17, 15) is 0 Å². The van der Waals surface area contributed by atoms with E-state index in [0.29, 0.717) is 0 Å². The quantitative estimate of drug-likeness (QED) is 0.651. The molecule has 84 valence electrons. The highest BCUT2D eigenvalue weighted by atomic mass is 16.3. The van der Waals surface area contributed by atoms with E-state index in [2.05, 4.69) is 13.8 Å². The minimum Gasteiger partial charge on any atom is -0.510 e. The van der Waals surface area contributed by atoms with Crippen LogP contribution < -0.4 is 0 Å². The first-order valence-electron chi connectivity index (χ1n) is 4.71. The van der Waals surface area contributed by atoms with Gasteiger partial charge in [0.05, 0.1) is 6.61 Å². The van der Waals surface area contributed by atoms with Crippen LogP contribution in [0.3, 0.4) is 0 Å². The lowest BCUT2D eigenvalue weighted by molar-refractivity contribution is 0.252. The summed E-state index contributed by atoms with van der Waals surface area (Å²) in [5, 5.41) is 16.6. The van der Waals surface area contributed by atoms with Crippen LogP contribution in [0.15, 0.2) is 11.8 Å². The van der Waals surface area contributed by atoms with Gasteiger partial charge in [-0.3, -0.25) is 0 Å². The van der Waals surface area contributed by atoms with Crippen molar-refractivity contribution in [3.05, 3.63) is 11.8 Å². The molecule has 0 aromatic carbocycles. The Kier molecular flexibility index (Phi) is 52.8. The lowest BCUT2D eigenvalue weighted by Gasteiger charge is -1.87. The summed E-state index contributed by atoms with van der Waals surface area (Å²) in [6, 6.07) is 0. The van der Waals surface area contributed by atoms with Crippen LogP contribution in [0.4, 0.5) is 0 Å². The minimum absolute atomic E-state index is 0. The van der Waals surface area contributed by atoms with Gasteiger partial charge in [0.25, 0.3) is 0 Å². The Labute approximate surface area is 84.3 Å². The summed E-state index contributed by atoms with van der Waals surface area (Å²) in [5.74, 6) is 0.0579. The Bertz CT molecular complexity index is 78.2. The molecule has 0 amide bonds. The van der Waals surface area contributed by atoms with E-state index in [1.54, 1.807) is 6.08 Å². The molecule has 2 nitrogen and oxygen atoms in total. The Morgan fingerprint density at radius 2 is 1.46 bits per heavy atom. The van der Waals surface area contributed by atoms with Gasteiger partial charge >= 0.3 is 0 Å². The maximum atomic E-state index is 8.47. The molecule has 0 aliphatic heterocycles. The highest BCUT2D eigenvalue weighted by molar-refractivity contribution is 4.88. The third-order valence-electron chi connectivity index (χ3n) is 0.602. The molecule has 0 atom stereocenters. The first-order chi connectivity index (χ1) is 5.72. The van der Waals surface area contributed by atoms with Crippen molar-refractivity contribution in [3.63, 3.8) is 0 Å². The van der Waals surface area contributed by atoms with Crippen LogP contribution in [-0.4, -0.2) is 16.8 Å². The smallest absolute Gasteiger partial charge is 0.114 e. The zero-order valence-corrected chi connectivity index (χ0v) is 9.09. The van der Waals surface area contributed by atoms with E-state index in [4.69, 9.17) is 10.2 Å². The molecule has 2 heteroatoms. The monoisotopic (exact) mass is 192 g/mol. The standard InChI is InChI=1S/C5H10O2.C3H8.C2H6.CH4/c1-2-3-5(7)4-6;1-3-2;1-2;/h3,6-7H,2,4H2,1H3;3H2,1-2H3;1-2H3;1H4/b5-3+;;;. The van der Waals surface area contributed by atoms with Gasteiger partial charge in [-0.15, -0.1) is 0 Å². The number of hydrogen-bond donors (Lipinski definition) is 2. The second-order valence-electron chi connectivity index (χ2n) is 1.97. The predicted octanol–water partition coefficient (Wildman–Crippen LogP) is 3.91. The molecule has 0 aromatic heterocycles. The summed E-state index contributed by atoms with van der Waals surface area (Å²) >= 11 is 0. The summed E-state index contributed by atoms with van der Waals surface area (Å²) in [6.07, 6.45) is 3.59. The predicted molar refractivity (Wildman–Crippen MR) is 62.1 cm³/mol. The number of aliphatic hydroxyl groups excluding tert-OH is 2. The van der Waals surface area contributed by atoms with Crippen molar-refractivity contribution in [2.75, 3.05) is 6.61 Å². The van der Waals surface area contributed by atoms with E-state index in [1.165, 1.54) is 6.42 Å². The zero-order chi connectivity index (χ0) is 10.4. The Morgan fingerprint density at radius 1 is 1.15 bits per heavy atom. The molecule has 0 spiro atoms. The largest absolute Gasteiger partial charge is 0.510 e. The molecule has 13 heavy (non-hydrogen) atoms. The number of aliphatic hydroxyl groups is 2. The van der Waals surface area contributed by atoms with Crippen molar-refractivity contribution in [2.24, 2.45) is 0 Å². The molecular formula is C11H28O2. The zero-order valence-electron chi connectivity index (χ0n) is 9.09. The molecule has 0 aromatic rings. The van der Waals surface area contributed by atoms with Gasteiger partial charge in [0, 0.05) is 0 Å². The molecule has 0 unspecified atom stereocenters. The van der Waals surface area contributed by atoms with E-state index >= 15 is 0 Å². The van der Waals surface area contributed by atoms with E-state index in [1.807, 2.05) is 20.8 Å². The molecule has 0 aliphatic carbocycles. The Morgan fingerprint density at radius 3 is 1.54 bits per heavy atom. The lowest BCUT2D eigenvalue weighted by Crippen LogP contribution is -1.85. The third-order valence-corrected chi connectivity index (χ3v) is 0.602. The number of rotatable bonds is 2. The first kappa shape index (κ1) is 22.9. The van der Waals surface area contributed by atoms with Crippen LogP contribution in [0.25, 0.3) is 0 Å². The topological polar surface area (TPSA) is 40.5 Å². The highest BCUT2D eigenvalue weighted by Gasteiger charge is 1.81. The van der Waals surface area contributed by atoms with Crippen LogP contribution in [0.5, 0.6) is 0 Å². The van der Waals surface area contributed by atoms with Crippen molar-refractivity contribution < 1.29 is 10.2 Å². The fourth-order valence-electron chi connectivity index (χ4n) is 0.300. The minimum atomic E-state index is -0.242. The summed E-state index contributed by atoms with van der Waals surface area (Å²) in [5.41, 5.74) is 0. The second kappa shape index (κ2) is 30.0. The number of hydrogen-bond acceptors (Lipinski definition) is 2. The van der Waals surface area contributed by atoms with Gasteiger partial charge in [-0.25, -0.2) is 0 Å². The van der Waals surface area contributed by atoms with Crippen LogP contribution in [-0.2, 0) is 0 Å². The van der Waals surface area contributed by atoms with Gasteiger partial charge in [0.2, 0.25) is 0 Å². The lowest BCUT2D eigenvalue weighted by atomic mass is 10.4. The summed E-state index contributed by atoms with van der Waals surface area (Å²) in [6.45, 7) is 9.90. The Hall–Kier alpha value is -0.500. The Balaban J connectivity index is -0.0000000581. The van der Waals surface area contributed by atoms with Crippen LogP contribution >= 0.6 is 0 Å². The van der Waals surface area contributed by atoms with E-state index in [-0.39, 0.29) is 19.8 Å². The second-order valence-corrected chi connectivity index (χ2v) is 1.97. The fourth-order valence-corrected chi connectivity index (χ4v) is 0.300. The molecule has 0 saturated carbocycles. The average Bonchev–Trinajstić information content (AvgIpc) is 2.10. The van der Waals surface area contributed by atoms with E-state index in [0.717, 1.165) is 6.42 Å². The van der Waals surface area contributed by atoms with Gasteiger partial charge in [0.1, 0.15) is 5.76 Å². The van der Waals surface area contributed by atoms with Crippen LogP contribution in [0.2, 0.25) is 0 Å². The van der Waals surface area contributed by atoms with Gasteiger partial charge in [0.15, 0.2) is 0 Å². The maximum absolute atomic E-state index is 8.47. The first-order valence-corrected chi connectivity index (χ1v) is 4.71. The molecular weight excluding hydrogens is 164 g/mol. The molecule has 0 bridgehead atoms. The van der Waals surface area contributed by atoms with Crippen LogP contribution in [0.1, 0.15) is 54.9 Å². The van der Waals surface area contributed by atoms with Crippen molar-refractivity contribution in [2.45, 2.75) is 54.9 Å². The fraction of sp³-hybridized carbons (Fsp3) is 0.818. The van der Waals surface area contributed by atoms with Gasteiger partial charge in [-0.05, 0) is 12.5 Å². The van der Waals surface area contributed by atoms with Crippen molar-refractivity contribution >= 4 is 0 Å². The SMILES string of the molecule is C.CC.CC/C=C(/O)CO.CCC. The van der Waals surface area contributed by atoms with Crippen LogP contribution in [0, 0.1) is 0 Å². The van der Waals surface area contributed by atoms with Gasteiger partial charge < -0.3 is 10.2 Å². The molecule has 2 N–H and O–H groups in total. The molecule has 0 aliphatic rings. The molecule has 0 rings (SSSR count). The average molecular weight is 192 g/mol. The van der Waals surface area contributed by atoms with Crippen molar-refractivity contribution in [3.8, 4) is 0 Å². The van der Waals surface area contributed by atoms with E-state index < -0.39 is 0 Å². The highest BCUT2D eigenvalue weighted by Crippen LogP contribution is 1.86. The van der Waals surface area contributed by atoms with Crippen molar-refractivity contribution in [1.82, 2.24) is 0 Å².